The van der Waals surface area contributed by atoms with Gasteiger partial charge in [-0.2, -0.15) is 4.37 Å². The average molecular weight is 254 g/mol. The van der Waals surface area contributed by atoms with Crippen LogP contribution >= 0.6 is 11.5 Å². The highest BCUT2D eigenvalue weighted by Crippen LogP contribution is 2.23. The van der Waals surface area contributed by atoms with Crippen LogP contribution < -0.4 is 10.6 Å². The second kappa shape index (κ2) is 5.31. The monoisotopic (exact) mass is 254 g/mol. The maximum atomic E-state index is 4.53. The van der Waals surface area contributed by atoms with Crippen molar-refractivity contribution in [1.29, 1.82) is 0 Å². The molecule has 0 aromatic carbocycles. The normalized spacial score (nSPS) is 20.8. The molecule has 1 saturated heterocycles. The molecule has 1 fully saturated rings. The van der Waals surface area contributed by atoms with E-state index in [1.807, 2.05) is 0 Å². The fourth-order valence-corrected chi connectivity index (χ4v) is 2.73. The van der Waals surface area contributed by atoms with Gasteiger partial charge < -0.3 is 10.6 Å². The summed E-state index contributed by atoms with van der Waals surface area (Å²) in [6.07, 6.45) is 2.53. The maximum Gasteiger partial charge on any atom is 0.202 e. The molecule has 1 atom stereocenters. The van der Waals surface area contributed by atoms with Crippen LogP contribution in [0.1, 0.15) is 39.4 Å². The van der Waals surface area contributed by atoms with Crippen LogP contribution in [0.4, 0.5) is 5.13 Å². The third kappa shape index (κ3) is 3.64. The Kier molecular flexibility index (Phi) is 3.99. The number of nitrogens with one attached hydrogen (secondary N) is 2. The average Bonchev–Trinajstić information content (AvgIpc) is 2.86. The van der Waals surface area contributed by atoms with Crippen molar-refractivity contribution in [2.45, 2.75) is 39.0 Å². The largest absolute Gasteiger partial charge is 0.360 e. The molecule has 4 nitrogen and oxygen atoms in total. The summed E-state index contributed by atoms with van der Waals surface area (Å²) in [5, 5.41) is 7.73. The van der Waals surface area contributed by atoms with E-state index in [1.165, 1.54) is 37.5 Å². The Labute approximate surface area is 107 Å². The van der Waals surface area contributed by atoms with Crippen molar-refractivity contribution in [1.82, 2.24) is 14.7 Å². The van der Waals surface area contributed by atoms with Gasteiger partial charge >= 0.3 is 0 Å². The topological polar surface area (TPSA) is 49.8 Å². The molecule has 0 spiro atoms. The van der Waals surface area contributed by atoms with Crippen LogP contribution in [0.2, 0.25) is 0 Å². The van der Waals surface area contributed by atoms with Gasteiger partial charge in [0.15, 0.2) is 0 Å². The second-order valence-corrected chi connectivity index (χ2v) is 6.50. The van der Waals surface area contributed by atoms with E-state index in [9.17, 15) is 0 Å². The highest BCUT2D eigenvalue weighted by Gasteiger charge is 2.19. The number of anilines is 1. The molecule has 0 amide bonds. The van der Waals surface area contributed by atoms with Gasteiger partial charge in [-0.3, -0.25) is 0 Å². The lowest BCUT2D eigenvalue weighted by molar-refractivity contribution is 0.546. The van der Waals surface area contributed by atoms with Gasteiger partial charge in [-0.05, 0) is 31.8 Å². The zero-order valence-corrected chi connectivity index (χ0v) is 11.7. The molecule has 0 bridgehead atoms. The molecule has 1 aliphatic heterocycles. The van der Waals surface area contributed by atoms with Crippen molar-refractivity contribution < 1.29 is 0 Å². The van der Waals surface area contributed by atoms with Crippen LogP contribution in [0.3, 0.4) is 0 Å². The molecule has 0 saturated carbocycles. The summed E-state index contributed by atoms with van der Waals surface area (Å²) in [6.45, 7) is 9.78. The summed E-state index contributed by atoms with van der Waals surface area (Å²) >= 11 is 1.47. The molecule has 5 heteroatoms. The van der Waals surface area contributed by atoms with E-state index >= 15 is 0 Å². The molecule has 1 unspecified atom stereocenters. The summed E-state index contributed by atoms with van der Waals surface area (Å²) in [5.74, 6) is 1.77. The van der Waals surface area contributed by atoms with Crippen LogP contribution in [-0.2, 0) is 5.41 Å². The van der Waals surface area contributed by atoms with Crippen molar-refractivity contribution in [2.24, 2.45) is 5.92 Å². The molecule has 1 aromatic heterocycles. The smallest absolute Gasteiger partial charge is 0.202 e. The van der Waals surface area contributed by atoms with Crippen molar-refractivity contribution in [2.75, 3.05) is 25.0 Å². The lowest BCUT2D eigenvalue weighted by Crippen LogP contribution is -2.14. The zero-order valence-electron chi connectivity index (χ0n) is 10.9. The van der Waals surface area contributed by atoms with E-state index < -0.39 is 0 Å². The van der Waals surface area contributed by atoms with Gasteiger partial charge in [0.05, 0.1) is 0 Å². The summed E-state index contributed by atoms with van der Waals surface area (Å²) in [4.78, 5) is 4.53. The molecule has 17 heavy (non-hydrogen) atoms. The van der Waals surface area contributed by atoms with Crippen LogP contribution in [0, 0.1) is 5.92 Å². The molecule has 2 N–H and O–H groups in total. The van der Waals surface area contributed by atoms with Gasteiger partial charge in [0.2, 0.25) is 5.13 Å². The Morgan fingerprint density at radius 3 is 2.88 bits per heavy atom. The van der Waals surface area contributed by atoms with Crippen molar-refractivity contribution in [3.05, 3.63) is 5.82 Å². The Morgan fingerprint density at radius 2 is 2.29 bits per heavy atom. The Morgan fingerprint density at radius 1 is 1.47 bits per heavy atom. The van der Waals surface area contributed by atoms with Gasteiger partial charge in [0, 0.05) is 23.5 Å². The molecule has 96 valence electrons. The first-order valence-electron chi connectivity index (χ1n) is 6.34. The molecule has 0 aliphatic carbocycles. The fraction of sp³-hybridized carbons (Fsp3) is 0.833. The van der Waals surface area contributed by atoms with Gasteiger partial charge in [-0.1, -0.05) is 20.8 Å². The van der Waals surface area contributed by atoms with E-state index in [1.54, 1.807) is 0 Å². The highest BCUT2D eigenvalue weighted by molar-refractivity contribution is 7.09. The third-order valence-electron chi connectivity index (χ3n) is 3.09. The maximum absolute atomic E-state index is 4.53. The van der Waals surface area contributed by atoms with E-state index in [-0.39, 0.29) is 5.41 Å². The minimum Gasteiger partial charge on any atom is -0.360 e. The Bertz CT molecular complexity index is 350. The minimum atomic E-state index is 0.0474. The van der Waals surface area contributed by atoms with Gasteiger partial charge in [0.25, 0.3) is 0 Å². The molecule has 1 aromatic rings. The lowest BCUT2D eigenvalue weighted by atomic mass is 9.96. The molecule has 2 heterocycles. The third-order valence-corrected chi connectivity index (χ3v) is 3.76. The van der Waals surface area contributed by atoms with Gasteiger partial charge in [-0.25, -0.2) is 4.98 Å². The number of aromatic nitrogens is 2. The van der Waals surface area contributed by atoms with Gasteiger partial charge in [0.1, 0.15) is 5.82 Å². The van der Waals surface area contributed by atoms with Gasteiger partial charge in [-0.15, -0.1) is 0 Å². The minimum absolute atomic E-state index is 0.0474. The first-order chi connectivity index (χ1) is 8.05. The van der Waals surface area contributed by atoms with Crippen LogP contribution in [0.5, 0.6) is 0 Å². The zero-order chi connectivity index (χ0) is 12.3. The van der Waals surface area contributed by atoms with E-state index in [4.69, 9.17) is 0 Å². The number of hydrogen-bond donors (Lipinski definition) is 2. The number of hydrogen-bond acceptors (Lipinski definition) is 5. The lowest BCUT2D eigenvalue weighted by Gasteiger charge is -2.12. The van der Waals surface area contributed by atoms with Crippen molar-refractivity contribution in [3.63, 3.8) is 0 Å². The first kappa shape index (κ1) is 12.8. The summed E-state index contributed by atoms with van der Waals surface area (Å²) in [5.41, 5.74) is 0.0474. The van der Waals surface area contributed by atoms with Crippen LogP contribution in [-0.4, -0.2) is 29.0 Å². The predicted molar refractivity (Wildman–Crippen MR) is 72.7 cm³/mol. The van der Waals surface area contributed by atoms with E-state index in [2.05, 4.69) is 40.8 Å². The molecule has 0 radical (unpaired) electrons. The quantitative estimate of drug-likeness (QED) is 0.865. The first-order valence-corrected chi connectivity index (χ1v) is 7.12. The SMILES string of the molecule is CC(C)(C)c1nsc(NCCC2CCNC2)n1. The molecule has 1 aliphatic rings. The van der Waals surface area contributed by atoms with E-state index in [0.717, 1.165) is 23.4 Å². The summed E-state index contributed by atoms with van der Waals surface area (Å²) in [7, 11) is 0. The number of rotatable bonds is 4. The summed E-state index contributed by atoms with van der Waals surface area (Å²) in [6, 6.07) is 0. The summed E-state index contributed by atoms with van der Waals surface area (Å²) < 4.78 is 4.39. The van der Waals surface area contributed by atoms with Crippen molar-refractivity contribution >= 4 is 16.7 Å². The van der Waals surface area contributed by atoms with Crippen LogP contribution in [0.25, 0.3) is 0 Å². The predicted octanol–water partition coefficient (Wildman–Crippen LogP) is 2.25. The van der Waals surface area contributed by atoms with Crippen LogP contribution in [0.15, 0.2) is 0 Å². The molecular formula is C12H22N4S. The number of nitrogens with zero attached hydrogens (tertiary/aromatic N) is 2. The standard InChI is InChI=1S/C12H22N4S/c1-12(2,3)10-15-11(17-16-10)14-7-5-9-4-6-13-8-9/h9,13H,4-8H2,1-3H3,(H,14,15,16). The second-order valence-electron chi connectivity index (χ2n) is 5.75. The highest BCUT2D eigenvalue weighted by atomic mass is 32.1. The molecule has 2 rings (SSSR count). The van der Waals surface area contributed by atoms with Crippen molar-refractivity contribution in [3.8, 4) is 0 Å². The molecular weight excluding hydrogens is 232 g/mol. The Hall–Kier alpha value is -0.680. The Balaban J connectivity index is 1.77. The fourth-order valence-electron chi connectivity index (χ4n) is 1.94. The van der Waals surface area contributed by atoms with E-state index in [0.29, 0.717) is 0 Å².